The highest BCUT2D eigenvalue weighted by Crippen LogP contribution is 2.35. The molecule has 0 aliphatic carbocycles. The Kier molecular flexibility index (Phi) is 10.9. The maximum Gasteiger partial charge on any atom is 0.344 e. The minimum Gasteiger partial charge on any atom is -0.487 e. The van der Waals surface area contributed by atoms with E-state index in [9.17, 15) is 19.1 Å². The molecule has 0 aliphatic rings. The standard InChI is InChI=1S/C29H33FN4O7/c1-4-39-26(36)16-40-27-20(11-18(15-35)12-25(27)41-17(2)3)14-32-24-10-7-21(30)13-23(24)29(37)33-22-8-5-19(6-9-22)28(31)34-38/h5-13,17,32,35,38H,4,14-16H2,1-3H3,(H2,31,34)(H,33,37). The Bertz CT molecular complexity index is 1390. The van der Waals surface area contributed by atoms with E-state index in [4.69, 9.17) is 25.2 Å². The lowest BCUT2D eigenvalue weighted by Gasteiger charge is -2.20. The number of anilines is 2. The Labute approximate surface area is 236 Å². The number of hydrogen-bond acceptors (Lipinski definition) is 9. The Morgan fingerprint density at radius 2 is 1.83 bits per heavy atom. The predicted octanol–water partition coefficient (Wildman–Crippen LogP) is 4.01. The average molecular weight is 569 g/mol. The van der Waals surface area contributed by atoms with Gasteiger partial charge in [-0.25, -0.2) is 9.18 Å². The zero-order valence-corrected chi connectivity index (χ0v) is 22.9. The minimum absolute atomic E-state index is 0.0245. The Hall–Kier alpha value is -4.84. The fraction of sp³-hybridized carbons (Fsp3) is 0.276. The maximum absolute atomic E-state index is 14.2. The smallest absolute Gasteiger partial charge is 0.344 e. The second-order valence-electron chi connectivity index (χ2n) is 9.06. The molecule has 0 fully saturated rings. The number of carbonyl (C=O) groups is 2. The van der Waals surface area contributed by atoms with Crippen LogP contribution < -0.4 is 25.8 Å². The van der Waals surface area contributed by atoms with Crippen LogP contribution in [0.1, 0.15) is 47.8 Å². The van der Waals surface area contributed by atoms with E-state index in [0.29, 0.717) is 33.8 Å². The Morgan fingerprint density at radius 1 is 1.10 bits per heavy atom. The third kappa shape index (κ3) is 8.57. The first kappa shape index (κ1) is 30.7. The molecule has 11 nitrogen and oxygen atoms in total. The molecule has 3 rings (SSSR count). The van der Waals surface area contributed by atoms with E-state index in [1.807, 2.05) is 13.8 Å². The molecule has 3 aromatic carbocycles. The summed E-state index contributed by atoms with van der Waals surface area (Å²) in [6.45, 7) is 4.95. The number of hydrogen-bond donors (Lipinski definition) is 5. The van der Waals surface area contributed by atoms with Gasteiger partial charge in [0.05, 0.1) is 24.9 Å². The molecule has 12 heteroatoms. The van der Waals surface area contributed by atoms with Crippen molar-refractivity contribution >= 4 is 29.1 Å². The lowest BCUT2D eigenvalue weighted by molar-refractivity contribution is -0.145. The van der Waals surface area contributed by atoms with Crippen molar-refractivity contribution in [2.45, 2.75) is 40.0 Å². The van der Waals surface area contributed by atoms with Crippen molar-refractivity contribution in [3.05, 3.63) is 82.7 Å². The summed E-state index contributed by atoms with van der Waals surface area (Å²) in [6.07, 6.45) is -0.233. The van der Waals surface area contributed by atoms with Gasteiger partial charge in [0, 0.05) is 29.0 Å². The third-order valence-electron chi connectivity index (χ3n) is 5.62. The number of nitrogens with two attached hydrogens (primary N) is 1. The minimum atomic E-state index is -0.615. The zero-order chi connectivity index (χ0) is 29.9. The summed E-state index contributed by atoms with van der Waals surface area (Å²) in [5.41, 5.74) is 7.82. The van der Waals surface area contributed by atoms with Crippen LogP contribution in [0.15, 0.2) is 59.8 Å². The van der Waals surface area contributed by atoms with Gasteiger partial charge in [0.1, 0.15) is 5.82 Å². The number of halogens is 1. The summed E-state index contributed by atoms with van der Waals surface area (Å²) in [4.78, 5) is 25.1. The predicted molar refractivity (Wildman–Crippen MR) is 151 cm³/mol. The number of nitrogens with one attached hydrogen (secondary N) is 2. The number of rotatable bonds is 13. The van der Waals surface area contributed by atoms with Gasteiger partial charge in [-0.3, -0.25) is 4.79 Å². The highest BCUT2D eigenvalue weighted by molar-refractivity contribution is 6.08. The summed E-state index contributed by atoms with van der Waals surface area (Å²) in [6, 6.07) is 13.2. The molecule has 0 saturated carbocycles. The van der Waals surface area contributed by atoms with Gasteiger partial charge in [-0.05, 0) is 80.9 Å². The lowest BCUT2D eigenvalue weighted by atomic mass is 10.1. The van der Waals surface area contributed by atoms with Crippen molar-refractivity contribution in [3.63, 3.8) is 0 Å². The van der Waals surface area contributed by atoms with Crippen LogP contribution in [0.2, 0.25) is 0 Å². The van der Waals surface area contributed by atoms with Gasteiger partial charge in [-0.2, -0.15) is 0 Å². The topological polar surface area (TPSA) is 165 Å². The quantitative estimate of drug-likeness (QED) is 0.0674. The van der Waals surface area contributed by atoms with E-state index in [1.165, 1.54) is 12.1 Å². The highest BCUT2D eigenvalue weighted by atomic mass is 19.1. The number of benzene rings is 3. The molecule has 41 heavy (non-hydrogen) atoms. The van der Waals surface area contributed by atoms with Crippen LogP contribution in [0, 0.1) is 5.82 Å². The largest absolute Gasteiger partial charge is 0.487 e. The summed E-state index contributed by atoms with van der Waals surface area (Å²) in [5.74, 6) is -1.27. The number of aliphatic hydroxyl groups excluding tert-OH is 1. The van der Waals surface area contributed by atoms with E-state index in [1.54, 1.807) is 43.3 Å². The van der Waals surface area contributed by atoms with Crippen molar-refractivity contribution < 1.29 is 38.5 Å². The van der Waals surface area contributed by atoms with E-state index >= 15 is 0 Å². The van der Waals surface area contributed by atoms with Gasteiger partial charge in [0.15, 0.2) is 23.9 Å². The van der Waals surface area contributed by atoms with Crippen molar-refractivity contribution in [2.24, 2.45) is 10.9 Å². The number of oxime groups is 1. The van der Waals surface area contributed by atoms with Crippen LogP contribution in [0.3, 0.4) is 0 Å². The first-order valence-corrected chi connectivity index (χ1v) is 12.8. The molecule has 0 bridgehead atoms. The number of amides is 1. The van der Waals surface area contributed by atoms with Gasteiger partial charge >= 0.3 is 5.97 Å². The average Bonchev–Trinajstić information content (AvgIpc) is 2.95. The van der Waals surface area contributed by atoms with Crippen LogP contribution >= 0.6 is 0 Å². The van der Waals surface area contributed by atoms with E-state index in [2.05, 4.69) is 15.8 Å². The van der Waals surface area contributed by atoms with Crippen molar-refractivity contribution in [2.75, 3.05) is 23.8 Å². The molecule has 0 spiro atoms. The molecule has 0 atom stereocenters. The maximum atomic E-state index is 14.2. The van der Waals surface area contributed by atoms with Gasteiger partial charge in [-0.15, -0.1) is 0 Å². The fourth-order valence-corrected chi connectivity index (χ4v) is 3.81. The van der Waals surface area contributed by atoms with Crippen LogP contribution in [0.4, 0.5) is 15.8 Å². The molecule has 0 aromatic heterocycles. The molecule has 1 amide bonds. The zero-order valence-electron chi connectivity index (χ0n) is 22.9. The van der Waals surface area contributed by atoms with Gasteiger partial charge in [-0.1, -0.05) is 5.16 Å². The number of aliphatic hydroxyl groups is 1. The molecular weight excluding hydrogens is 535 g/mol. The molecule has 3 aromatic rings. The first-order chi connectivity index (χ1) is 19.6. The van der Waals surface area contributed by atoms with E-state index in [0.717, 1.165) is 6.07 Å². The van der Waals surface area contributed by atoms with E-state index in [-0.39, 0.29) is 49.6 Å². The summed E-state index contributed by atoms with van der Waals surface area (Å²) in [7, 11) is 0. The number of carbonyl (C=O) groups excluding carboxylic acids is 2. The van der Waals surface area contributed by atoms with Crippen molar-refractivity contribution in [3.8, 4) is 11.5 Å². The second-order valence-corrected chi connectivity index (χ2v) is 9.06. The summed E-state index contributed by atoms with van der Waals surface area (Å²) < 4.78 is 30.8. The molecule has 6 N–H and O–H groups in total. The van der Waals surface area contributed by atoms with Crippen LogP contribution in [0.25, 0.3) is 0 Å². The number of nitrogens with zero attached hydrogens (tertiary/aromatic N) is 1. The third-order valence-corrected chi connectivity index (χ3v) is 5.62. The fourth-order valence-electron chi connectivity index (χ4n) is 3.81. The number of amidine groups is 1. The normalized spacial score (nSPS) is 11.2. The first-order valence-electron chi connectivity index (χ1n) is 12.8. The second kappa shape index (κ2) is 14.5. The summed E-state index contributed by atoms with van der Waals surface area (Å²) in [5, 5.41) is 27.4. The monoisotopic (exact) mass is 568 g/mol. The lowest BCUT2D eigenvalue weighted by Crippen LogP contribution is -2.18. The molecule has 218 valence electrons. The van der Waals surface area contributed by atoms with Gasteiger partial charge < -0.3 is 40.9 Å². The Balaban J connectivity index is 1.89. The molecule has 0 aliphatic heterocycles. The highest BCUT2D eigenvalue weighted by Gasteiger charge is 2.19. The molecule has 0 saturated heterocycles. The number of esters is 1. The van der Waals surface area contributed by atoms with Gasteiger partial charge in [0.2, 0.25) is 0 Å². The molecule has 0 heterocycles. The number of ether oxygens (including phenoxy) is 3. The van der Waals surface area contributed by atoms with Crippen LogP contribution in [0.5, 0.6) is 11.5 Å². The van der Waals surface area contributed by atoms with Gasteiger partial charge in [0.25, 0.3) is 5.91 Å². The molecule has 0 radical (unpaired) electrons. The molecular formula is C29H33FN4O7. The molecule has 0 unspecified atom stereocenters. The Morgan fingerprint density at radius 3 is 2.46 bits per heavy atom. The van der Waals surface area contributed by atoms with E-state index < -0.39 is 17.7 Å². The summed E-state index contributed by atoms with van der Waals surface area (Å²) >= 11 is 0. The SMILES string of the molecule is CCOC(=O)COc1c(CNc2ccc(F)cc2C(=O)Nc2ccc(/C(N)=N/O)cc2)cc(CO)cc1OC(C)C. The van der Waals surface area contributed by atoms with Crippen LogP contribution in [-0.4, -0.2) is 47.3 Å². The van der Waals surface area contributed by atoms with Crippen molar-refractivity contribution in [1.29, 1.82) is 0 Å². The van der Waals surface area contributed by atoms with Crippen LogP contribution in [-0.2, 0) is 22.7 Å². The van der Waals surface area contributed by atoms with Crippen molar-refractivity contribution in [1.82, 2.24) is 0 Å².